The molecule has 68 heavy (non-hydrogen) atoms. The van der Waals surface area contributed by atoms with Gasteiger partial charge in [-0.2, -0.15) is 127 Å². The van der Waals surface area contributed by atoms with E-state index in [-0.39, 0.29) is 0 Å². The Morgan fingerprint density at radius 3 is 0.750 bits per heavy atom. The van der Waals surface area contributed by atoms with Crippen LogP contribution in [0.4, 0.5) is 105 Å². The monoisotopic (exact) mass is 1080 g/mol. The van der Waals surface area contributed by atoms with Crippen molar-refractivity contribution in [1.82, 2.24) is 4.98 Å². The number of rotatable bonds is 8. The number of halogens is 25. The Kier molecular flexibility index (Phi) is 15.6. The molecular weight excluding hydrogens is 1060 g/mol. The van der Waals surface area contributed by atoms with Crippen molar-refractivity contribution in [2.75, 3.05) is 11.9 Å². The van der Waals surface area contributed by atoms with Crippen molar-refractivity contribution in [3.05, 3.63) is 142 Å². The van der Waals surface area contributed by atoms with Gasteiger partial charge in [0.25, 0.3) is 0 Å². The van der Waals surface area contributed by atoms with Gasteiger partial charge in [0.15, 0.2) is 6.61 Å². The van der Waals surface area contributed by atoms with E-state index in [2.05, 4.69) is 20.9 Å². The number of hydrogen-bond acceptors (Lipinski definition) is 2. The molecule has 0 N–H and O–H groups in total. The van der Waals surface area contributed by atoms with Crippen molar-refractivity contribution in [1.29, 1.82) is 0 Å². The largest absolute Gasteiger partial charge is 0.416 e. The van der Waals surface area contributed by atoms with Crippen LogP contribution in [0.2, 0.25) is 0 Å². The summed E-state index contributed by atoms with van der Waals surface area (Å²) in [5.74, 6) is 0. The van der Waals surface area contributed by atoms with Crippen LogP contribution in [0, 0.1) is 0 Å². The summed E-state index contributed by atoms with van der Waals surface area (Å²) < 4.78 is 342. The second-order valence-electron chi connectivity index (χ2n) is 14.2. The SMILES string of the molecule is BrCCCO[n+]1ccncc1.FC(F)(F)c1cc([B-](c2cc(C(F)(F)F)cc(C(F)(F)F)c2)(c2cc(C(F)(F)F)cc(C(F)(F)F)c2)c2cc(C(F)(F)F)cc(C(F)(F)F)c2)cc(C(F)(F)F)c1. The molecule has 0 fully saturated rings. The minimum Gasteiger partial charge on any atom is -0.271 e. The fourth-order valence-corrected chi connectivity index (χ4v) is 6.92. The highest BCUT2D eigenvalue weighted by molar-refractivity contribution is 9.09. The summed E-state index contributed by atoms with van der Waals surface area (Å²) in [7, 11) is 0. The highest BCUT2D eigenvalue weighted by atomic mass is 79.9. The van der Waals surface area contributed by atoms with Gasteiger partial charge in [-0.05, 0) is 30.7 Å². The Balaban J connectivity index is 0.000000802. The fraction of sp³-hybridized carbons (Fsp3) is 0.282. The van der Waals surface area contributed by atoms with E-state index < -0.39 is 195 Å². The maximum absolute atomic E-state index is 14.2. The molecule has 0 radical (unpaired) electrons. The minimum atomic E-state index is -6.13. The van der Waals surface area contributed by atoms with E-state index in [0.29, 0.717) is 0 Å². The predicted octanol–water partition coefficient (Wildman–Crippen LogP) is 11.8. The van der Waals surface area contributed by atoms with Crippen LogP contribution in [0.25, 0.3) is 0 Å². The first-order valence-corrected chi connectivity index (χ1v) is 19.2. The molecule has 0 aliphatic heterocycles. The van der Waals surface area contributed by atoms with E-state index in [0.717, 1.165) is 18.4 Å². The van der Waals surface area contributed by atoms with Gasteiger partial charge in [-0.1, -0.05) is 64.5 Å². The van der Waals surface area contributed by atoms with E-state index in [9.17, 15) is 105 Å². The average molecular weight is 1080 g/mol. The normalized spacial score (nSPS) is 13.5. The van der Waals surface area contributed by atoms with Crippen molar-refractivity contribution < 1.29 is 115 Å². The highest BCUT2D eigenvalue weighted by Crippen LogP contribution is 2.41. The molecule has 4 aromatic carbocycles. The molecule has 0 aliphatic carbocycles. The molecule has 3 nitrogen and oxygen atoms in total. The first kappa shape index (κ1) is 55.2. The summed E-state index contributed by atoms with van der Waals surface area (Å²) in [4.78, 5) is 9.16. The number of hydrogen-bond donors (Lipinski definition) is 0. The summed E-state index contributed by atoms with van der Waals surface area (Å²) in [5.41, 5.74) is -30.2. The number of aromatic nitrogens is 2. The Morgan fingerprint density at radius 1 is 0.368 bits per heavy atom. The molecule has 0 amide bonds. The smallest absolute Gasteiger partial charge is 0.271 e. The van der Waals surface area contributed by atoms with Gasteiger partial charge in [0.2, 0.25) is 12.4 Å². The third kappa shape index (κ3) is 13.2. The van der Waals surface area contributed by atoms with Crippen molar-refractivity contribution in [2.45, 2.75) is 55.8 Å². The Morgan fingerprint density at radius 2 is 0.574 bits per heavy atom. The van der Waals surface area contributed by atoms with Gasteiger partial charge in [-0.25, -0.2) is 0 Å². The summed E-state index contributed by atoms with van der Waals surface area (Å²) >= 11 is 3.32. The maximum Gasteiger partial charge on any atom is 0.416 e. The molecule has 5 aromatic rings. The molecule has 1 heterocycles. The van der Waals surface area contributed by atoms with Crippen molar-refractivity contribution in [3.63, 3.8) is 0 Å². The van der Waals surface area contributed by atoms with Gasteiger partial charge < -0.3 is 0 Å². The average Bonchev–Trinajstić information content (AvgIpc) is 3.19. The molecule has 0 aliphatic rings. The van der Waals surface area contributed by atoms with Crippen molar-refractivity contribution in [3.8, 4) is 0 Å². The summed E-state index contributed by atoms with van der Waals surface area (Å²) in [6, 6.07) is -8.81. The molecule has 0 bridgehead atoms. The second kappa shape index (κ2) is 19.2. The second-order valence-corrected chi connectivity index (χ2v) is 15.0. The van der Waals surface area contributed by atoms with Gasteiger partial charge >= 0.3 is 49.4 Å². The lowest BCUT2D eigenvalue weighted by Gasteiger charge is -2.46. The van der Waals surface area contributed by atoms with Gasteiger partial charge in [-0.15, -0.1) is 0 Å². The van der Waals surface area contributed by atoms with Crippen LogP contribution in [-0.2, 0) is 49.4 Å². The standard InChI is InChI=1S/C32H12BF24.C7H10BrN2O/c34-25(35,36)13-1-14(26(37,38)39)6-21(5-13)33(22-7-15(27(40,41)42)2-16(8-22)28(43,44)45,23-9-17(29(46,47)48)3-18(10-23)30(49,50)51)24-11-19(31(52,53)54)4-20(12-24)32(55,56)57;8-2-1-7-11-10-5-3-9-4-6-10/h1-12H;3-6H,1-2,7H2/q-1;+1. The Bertz CT molecular complexity index is 2100. The lowest BCUT2D eigenvalue weighted by molar-refractivity contribution is -0.891. The molecule has 372 valence electrons. The lowest BCUT2D eigenvalue weighted by atomic mass is 9.12. The molecule has 0 unspecified atom stereocenters. The van der Waals surface area contributed by atoms with Crippen molar-refractivity contribution in [2.24, 2.45) is 0 Å². The zero-order chi connectivity index (χ0) is 51.9. The van der Waals surface area contributed by atoms with Gasteiger partial charge in [0.05, 0.1) is 56.9 Å². The third-order valence-electron chi connectivity index (χ3n) is 9.56. The molecule has 29 heteroatoms. The summed E-state index contributed by atoms with van der Waals surface area (Å²) in [5, 5.41) is 0.971. The summed E-state index contributed by atoms with van der Waals surface area (Å²) in [6.45, 7) is 0.722. The van der Waals surface area contributed by atoms with Crippen molar-refractivity contribution >= 4 is 43.9 Å². The first-order chi connectivity index (χ1) is 30.7. The Labute approximate surface area is 373 Å². The Hall–Kier alpha value is -5.38. The minimum absolute atomic E-state index is 0.691. The van der Waals surface area contributed by atoms with E-state index in [4.69, 9.17) is 4.84 Å². The maximum atomic E-state index is 14.2. The molecule has 1 aromatic heterocycles. The quantitative estimate of drug-likeness (QED) is 0.0509. The van der Waals surface area contributed by atoms with E-state index in [1.165, 1.54) is 0 Å². The van der Waals surface area contributed by atoms with Gasteiger partial charge in [-0.3, -0.25) is 9.82 Å². The van der Waals surface area contributed by atoms with E-state index >= 15 is 0 Å². The lowest BCUT2D eigenvalue weighted by Crippen LogP contribution is -2.75. The first-order valence-electron chi connectivity index (χ1n) is 18.1. The summed E-state index contributed by atoms with van der Waals surface area (Å²) in [6.07, 6.45) is -46.9. The van der Waals surface area contributed by atoms with Crippen LogP contribution in [-0.4, -0.2) is 23.1 Å². The third-order valence-corrected chi connectivity index (χ3v) is 10.1. The predicted molar refractivity (Wildman–Crippen MR) is 194 cm³/mol. The molecular formula is C39H22BBrF24N2O. The van der Waals surface area contributed by atoms with Crippen LogP contribution >= 0.6 is 15.9 Å². The van der Waals surface area contributed by atoms with E-state index in [1.54, 1.807) is 29.5 Å². The van der Waals surface area contributed by atoms with E-state index in [1.807, 2.05) is 0 Å². The number of benzene rings is 4. The molecule has 0 saturated carbocycles. The molecule has 0 atom stereocenters. The van der Waals surface area contributed by atoms with Crippen LogP contribution < -0.4 is 31.4 Å². The van der Waals surface area contributed by atoms with Gasteiger partial charge in [0.1, 0.15) is 6.15 Å². The van der Waals surface area contributed by atoms with Crippen LogP contribution in [0.15, 0.2) is 97.6 Å². The molecule has 0 spiro atoms. The number of alkyl halides is 25. The van der Waals surface area contributed by atoms with Gasteiger partial charge in [0, 0.05) is 10.1 Å². The number of nitrogens with zero attached hydrogens (tertiary/aromatic N) is 2. The molecule has 5 rings (SSSR count). The topological polar surface area (TPSA) is 26.0 Å². The highest BCUT2D eigenvalue weighted by Gasteiger charge is 2.47. The fourth-order valence-electron chi connectivity index (χ4n) is 6.69. The zero-order valence-corrected chi connectivity index (χ0v) is 34.3. The van der Waals surface area contributed by atoms with Crippen LogP contribution in [0.5, 0.6) is 0 Å². The molecule has 0 saturated heterocycles. The van der Waals surface area contributed by atoms with Crippen LogP contribution in [0.3, 0.4) is 0 Å². The van der Waals surface area contributed by atoms with Crippen LogP contribution in [0.1, 0.15) is 50.9 Å². The zero-order valence-electron chi connectivity index (χ0n) is 32.7.